The molecule has 0 atom stereocenters. The third kappa shape index (κ3) is 10.1. The maximum Gasteiger partial charge on any atom is 2.00 e. The summed E-state index contributed by atoms with van der Waals surface area (Å²) in [6.07, 6.45) is 6.18. The molecule has 0 fully saturated rings. The molecule has 0 aromatic carbocycles. The zero-order chi connectivity index (χ0) is 24.9. The van der Waals surface area contributed by atoms with Gasteiger partial charge in [0.05, 0.1) is 29.4 Å². The number of rotatable bonds is 6. The Morgan fingerprint density at radius 1 is 0.800 bits per heavy atom. The summed E-state index contributed by atoms with van der Waals surface area (Å²) in [5.41, 5.74) is 10.7. The van der Waals surface area contributed by atoms with Crippen LogP contribution in [-0.2, 0) is 24.3 Å². The van der Waals surface area contributed by atoms with Crippen molar-refractivity contribution < 1.29 is 39.0 Å². The van der Waals surface area contributed by atoms with Gasteiger partial charge in [0.15, 0.2) is 0 Å². The van der Waals surface area contributed by atoms with Crippen LogP contribution in [0.15, 0.2) is 77.5 Å². The third-order valence-electron chi connectivity index (χ3n) is 3.92. The summed E-state index contributed by atoms with van der Waals surface area (Å²) in [4.78, 5) is 41.4. The zero-order valence-electron chi connectivity index (χ0n) is 19.5. The first-order valence-electron chi connectivity index (χ1n) is 9.91. The van der Waals surface area contributed by atoms with Crippen LogP contribution in [-0.4, -0.2) is 58.9 Å². The monoisotopic (exact) mass is 526 g/mol. The van der Waals surface area contributed by atoms with Gasteiger partial charge in [0.2, 0.25) is 0 Å². The number of hydrogen-bond acceptors (Lipinski definition) is 6. The SMILES string of the molecule is CC(=N[N-]C(=[OH+])c1cccnc1)c1cccc(C(C)=N[N-]C(=[OH+])c2cccnc2)n1.CC(=O)[OH2+].[Zn+2]. The topological polar surface area (TPSA) is 174 Å². The summed E-state index contributed by atoms with van der Waals surface area (Å²) in [6.45, 7) is 4.65. The Morgan fingerprint density at radius 2 is 1.20 bits per heavy atom. The molecule has 0 spiro atoms. The Labute approximate surface area is 214 Å². The van der Waals surface area contributed by atoms with Crippen LogP contribution in [0.2, 0.25) is 0 Å². The van der Waals surface area contributed by atoms with Crippen LogP contribution in [0.25, 0.3) is 10.9 Å². The van der Waals surface area contributed by atoms with Crippen LogP contribution in [0.3, 0.4) is 0 Å². The van der Waals surface area contributed by atoms with Gasteiger partial charge in [0, 0.05) is 41.0 Å². The fraction of sp³-hybridized carbons (Fsp3) is 0.130. The van der Waals surface area contributed by atoms with E-state index in [9.17, 15) is 9.59 Å². The second kappa shape index (κ2) is 14.9. The molecular formula is C23H24N7O4Zn+3. The van der Waals surface area contributed by atoms with E-state index in [-0.39, 0.29) is 31.3 Å². The first-order chi connectivity index (χ1) is 16.3. The van der Waals surface area contributed by atoms with Gasteiger partial charge in [-0.25, -0.2) is 4.98 Å². The molecule has 2 amide bonds. The Balaban J connectivity index is 0.00000114. The standard InChI is InChI=1S/C21H19N7O2.C2H4O2.Zn/c1-14(25-27-20(29)16-6-4-10-22-12-16)18-8-3-9-19(24-18)15(2)26-28-21(30)17-7-5-11-23-13-17;1-2(3)4;/h3-13H,1-2H3,(H2,24,27,28,29,30);1H3,(H,3,4);/q;;+2/p+1. The van der Waals surface area contributed by atoms with Crippen LogP contribution < -0.4 is 0 Å². The van der Waals surface area contributed by atoms with Crippen molar-refractivity contribution in [2.45, 2.75) is 20.8 Å². The molecule has 3 aromatic rings. The molecule has 11 nitrogen and oxygen atoms in total. The van der Waals surface area contributed by atoms with Crippen LogP contribution in [0.4, 0.5) is 0 Å². The first kappa shape index (κ1) is 28.9. The van der Waals surface area contributed by atoms with E-state index in [2.05, 4.69) is 36.0 Å². The van der Waals surface area contributed by atoms with Crippen molar-refractivity contribution >= 4 is 29.2 Å². The molecule has 12 heteroatoms. The molecular weight excluding hydrogens is 504 g/mol. The van der Waals surface area contributed by atoms with Gasteiger partial charge in [0.25, 0.3) is 11.8 Å². The van der Waals surface area contributed by atoms with E-state index < -0.39 is 5.97 Å². The molecule has 0 aliphatic carbocycles. The molecule has 0 unspecified atom stereocenters. The number of aromatic nitrogens is 3. The Bertz CT molecular complexity index is 1110. The number of pyridine rings is 3. The van der Waals surface area contributed by atoms with Gasteiger partial charge in [-0.05, 0) is 50.2 Å². The van der Waals surface area contributed by atoms with Gasteiger partial charge in [-0.2, -0.15) is 0 Å². The molecule has 3 aromatic heterocycles. The molecule has 3 heterocycles. The minimum absolute atomic E-state index is 0. The van der Waals surface area contributed by atoms with Crippen molar-refractivity contribution in [3.8, 4) is 0 Å². The second-order valence-corrected chi connectivity index (χ2v) is 6.67. The Kier molecular flexibility index (Phi) is 12.3. The van der Waals surface area contributed by atoms with E-state index in [0.29, 0.717) is 33.9 Å². The average molecular weight is 528 g/mol. The molecule has 0 saturated heterocycles. The normalized spacial score (nSPS) is 10.7. The molecule has 0 aliphatic heterocycles. The molecule has 0 radical (unpaired) electrons. The second-order valence-electron chi connectivity index (χ2n) is 6.67. The van der Waals surface area contributed by atoms with Gasteiger partial charge in [0.1, 0.15) is 0 Å². The number of amides is 2. The van der Waals surface area contributed by atoms with Crippen molar-refractivity contribution in [1.29, 1.82) is 0 Å². The van der Waals surface area contributed by atoms with Gasteiger partial charge in [-0.3, -0.25) is 19.6 Å². The zero-order valence-corrected chi connectivity index (χ0v) is 22.5. The maximum absolute atomic E-state index is 10.00. The van der Waals surface area contributed by atoms with Crippen molar-refractivity contribution in [1.82, 2.24) is 15.0 Å². The Morgan fingerprint density at radius 3 is 1.54 bits per heavy atom. The summed E-state index contributed by atoms with van der Waals surface area (Å²) in [5.74, 6) is -1.06. The van der Waals surface area contributed by atoms with Gasteiger partial charge in [-0.1, -0.05) is 6.07 Å². The minimum atomic E-state index is -0.583. The van der Waals surface area contributed by atoms with Gasteiger partial charge >= 0.3 is 25.4 Å². The van der Waals surface area contributed by atoms with Crippen LogP contribution in [0.5, 0.6) is 0 Å². The van der Waals surface area contributed by atoms with E-state index in [1.54, 1.807) is 68.7 Å². The Hall–Kier alpha value is -4.18. The van der Waals surface area contributed by atoms with Crippen molar-refractivity contribution in [2.75, 3.05) is 0 Å². The number of carbonyl (C=O) groups excluding carboxylic acids is 3. The van der Waals surface area contributed by atoms with Gasteiger partial charge < -0.3 is 26.2 Å². The van der Waals surface area contributed by atoms with Crippen LogP contribution in [0, 0.1) is 0 Å². The summed E-state index contributed by atoms with van der Waals surface area (Å²) in [7, 11) is 0. The number of hydrogen-bond donors (Lipinski definition) is 0. The van der Waals surface area contributed by atoms with Gasteiger partial charge in [-0.15, -0.1) is 0 Å². The molecule has 0 bridgehead atoms. The molecule has 3 rings (SSSR count). The van der Waals surface area contributed by atoms with Crippen LogP contribution >= 0.6 is 0 Å². The van der Waals surface area contributed by atoms with Crippen molar-refractivity contribution in [3.05, 3.63) is 101 Å². The molecule has 174 valence electrons. The molecule has 4 N–H and O–H groups in total. The smallest absolute Gasteiger partial charge is 0.565 e. The maximum atomic E-state index is 10.00. The fourth-order valence-corrected chi connectivity index (χ4v) is 2.29. The van der Waals surface area contributed by atoms with Crippen molar-refractivity contribution in [3.63, 3.8) is 0 Å². The molecule has 0 saturated carbocycles. The summed E-state index contributed by atoms with van der Waals surface area (Å²) < 4.78 is 0. The number of nitrogens with zero attached hydrogens (tertiary/aromatic N) is 7. The predicted molar refractivity (Wildman–Crippen MR) is 130 cm³/mol. The average Bonchev–Trinajstić information content (AvgIpc) is 2.86. The summed E-state index contributed by atoms with van der Waals surface area (Å²) in [6, 6.07) is 12.1. The largest absolute Gasteiger partial charge is 2.00 e. The van der Waals surface area contributed by atoms with E-state index in [1.807, 2.05) is 0 Å². The third-order valence-corrected chi connectivity index (χ3v) is 3.92. The predicted octanol–water partition coefficient (Wildman–Crippen LogP) is 2.42. The van der Waals surface area contributed by atoms with E-state index in [1.165, 1.54) is 19.3 Å². The quantitative estimate of drug-likeness (QED) is 0.207. The van der Waals surface area contributed by atoms with E-state index >= 15 is 0 Å². The first-order valence-corrected chi connectivity index (χ1v) is 9.91. The van der Waals surface area contributed by atoms with E-state index in [4.69, 9.17) is 9.90 Å². The summed E-state index contributed by atoms with van der Waals surface area (Å²) >= 11 is 0. The number of carbonyl (C=O) groups is 1. The van der Waals surface area contributed by atoms with E-state index in [0.717, 1.165) is 0 Å². The molecule has 35 heavy (non-hydrogen) atoms. The minimum Gasteiger partial charge on any atom is -0.565 e. The fourth-order valence-electron chi connectivity index (χ4n) is 2.29. The summed E-state index contributed by atoms with van der Waals surface area (Å²) in [5, 5.41) is 14.0. The van der Waals surface area contributed by atoms with Crippen LogP contribution in [0.1, 0.15) is 43.3 Å². The molecule has 0 aliphatic rings. The van der Waals surface area contributed by atoms with Crippen molar-refractivity contribution in [2.24, 2.45) is 10.2 Å².